The molecule has 1 rings (SSSR count). The molecule has 0 heterocycles. The first kappa shape index (κ1) is 12.9. The van der Waals surface area contributed by atoms with E-state index < -0.39 is 0 Å². The largest absolute Gasteiger partial charge is 0.380 e. The normalized spacial score (nSPS) is 16.2. The van der Waals surface area contributed by atoms with E-state index >= 15 is 0 Å². The highest BCUT2D eigenvalue weighted by Crippen LogP contribution is 2.27. The van der Waals surface area contributed by atoms with Crippen LogP contribution in [-0.4, -0.2) is 50.8 Å². The van der Waals surface area contributed by atoms with E-state index in [9.17, 15) is 0 Å². The molecule has 0 saturated heterocycles. The van der Waals surface area contributed by atoms with Gasteiger partial charge in [0.1, 0.15) is 0 Å². The molecule has 0 aromatic rings. The van der Waals surface area contributed by atoms with E-state index in [2.05, 4.69) is 17.1 Å². The lowest BCUT2D eigenvalue weighted by Crippen LogP contribution is -2.35. The summed E-state index contributed by atoms with van der Waals surface area (Å²) in [5, 5.41) is 3.52. The van der Waals surface area contributed by atoms with Crippen molar-refractivity contribution in [1.29, 1.82) is 0 Å². The molecular weight excluding hydrogens is 188 g/mol. The molecule has 0 amide bonds. The third kappa shape index (κ3) is 6.88. The third-order valence-electron chi connectivity index (χ3n) is 2.94. The van der Waals surface area contributed by atoms with Crippen molar-refractivity contribution in [3.8, 4) is 0 Å². The van der Waals surface area contributed by atoms with Crippen molar-refractivity contribution in [2.45, 2.75) is 26.7 Å². The number of nitrogens with one attached hydrogen (secondary N) is 1. The average Bonchev–Trinajstić information content (AvgIpc) is 3.05. The maximum absolute atomic E-state index is 5.36. The Hall–Kier alpha value is -0.120. The molecule has 0 radical (unpaired) electrons. The van der Waals surface area contributed by atoms with Crippen LogP contribution in [0.4, 0.5) is 0 Å². The number of nitrogens with zero attached hydrogens (tertiary/aromatic N) is 1. The standard InChI is InChI=1S/C12H26N2O/c1-3-14(9-10-15-4-2)8-7-13-11-12-5-6-12/h12-13H,3-11H2,1-2H3. The van der Waals surface area contributed by atoms with Crippen LogP contribution in [0.15, 0.2) is 0 Å². The number of rotatable bonds is 10. The molecule has 0 aromatic heterocycles. The van der Waals surface area contributed by atoms with Crippen LogP contribution in [0, 0.1) is 5.92 Å². The predicted molar refractivity (Wildman–Crippen MR) is 64.2 cm³/mol. The minimum Gasteiger partial charge on any atom is -0.380 e. The second-order valence-corrected chi connectivity index (χ2v) is 4.28. The van der Waals surface area contributed by atoms with E-state index in [0.717, 1.165) is 45.3 Å². The SMILES string of the molecule is CCOCCN(CC)CCNCC1CC1. The summed E-state index contributed by atoms with van der Waals surface area (Å²) in [4.78, 5) is 2.44. The van der Waals surface area contributed by atoms with Crippen molar-refractivity contribution >= 4 is 0 Å². The zero-order chi connectivity index (χ0) is 10.9. The maximum atomic E-state index is 5.36. The summed E-state index contributed by atoms with van der Waals surface area (Å²) in [6.45, 7) is 11.6. The molecule has 1 aliphatic carbocycles. The second kappa shape index (κ2) is 8.08. The zero-order valence-corrected chi connectivity index (χ0v) is 10.3. The van der Waals surface area contributed by atoms with E-state index in [-0.39, 0.29) is 0 Å². The van der Waals surface area contributed by atoms with Crippen molar-refractivity contribution in [2.75, 3.05) is 45.9 Å². The molecule has 15 heavy (non-hydrogen) atoms. The molecule has 0 unspecified atom stereocenters. The van der Waals surface area contributed by atoms with Gasteiger partial charge in [0.15, 0.2) is 0 Å². The Morgan fingerprint density at radius 2 is 2.07 bits per heavy atom. The van der Waals surface area contributed by atoms with Gasteiger partial charge in [-0.3, -0.25) is 0 Å². The Labute approximate surface area is 94.2 Å². The summed E-state index contributed by atoms with van der Waals surface area (Å²) < 4.78 is 5.36. The quantitative estimate of drug-likeness (QED) is 0.556. The molecular formula is C12H26N2O. The van der Waals surface area contributed by atoms with Crippen LogP contribution < -0.4 is 5.32 Å². The second-order valence-electron chi connectivity index (χ2n) is 4.28. The highest BCUT2D eigenvalue weighted by Gasteiger charge is 2.19. The van der Waals surface area contributed by atoms with Gasteiger partial charge in [-0.25, -0.2) is 0 Å². The number of hydrogen-bond acceptors (Lipinski definition) is 3. The lowest BCUT2D eigenvalue weighted by atomic mass is 10.4. The predicted octanol–water partition coefficient (Wildman–Crippen LogP) is 1.34. The molecule has 0 atom stereocenters. The Morgan fingerprint density at radius 1 is 1.27 bits per heavy atom. The maximum Gasteiger partial charge on any atom is 0.0593 e. The van der Waals surface area contributed by atoms with Gasteiger partial charge in [0, 0.05) is 26.2 Å². The smallest absolute Gasteiger partial charge is 0.0593 e. The van der Waals surface area contributed by atoms with Crippen molar-refractivity contribution in [2.24, 2.45) is 5.92 Å². The van der Waals surface area contributed by atoms with Crippen molar-refractivity contribution in [1.82, 2.24) is 10.2 Å². The van der Waals surface area contributed by atoms with E-state index in [0.29, 0.717) is 0 Å². The number of hydrogen-bond donors (Lipinski definition) is 1. The van der Waals surface area contributed by atoms with E-state index in [1.54, 1.807) is 0 Å². The summed E-state index contributed by atoms with van der Waals surface area (Å²) in [5.74, 6) is 0.989. The van der Waals surface area contributed by atoms with Crippen LogP contribution in [0.25, 0.3) is 0 Å². The fourth-order valence-corrected chi connectivity index (χ4v) is 1.63. The number of likely N-dealkylation sites (N-methyl/N-ethyl adjacent to an activating group) is 1. The minimum atomic E-state index is 0.831. The van der Waals surface area contributed by atoms with Crippen molar-refractivity contribution in [3.05, 3.63) is 0 Å². The lowest BCUT2D eigenvalue weighted by Gasteiger charge is -2.20. The Kier molecular flexibility index (Phi) is 6.98. The third-order valence-corrected chi connectivity index (χ3v) is 2.94. The molecule has 1 N–H and O–H groups in total. The monoisotopic (exact) mass is 214 g/mol. The fraction of sp³-hybridized carbons (Fsp3) is 1.00. The molecule has 0 aromatic carbocycles. The number of ether oxygens (including phenoxy) is 1. The molecule has 3 nitrogen and oxygen atoms in total. The van der Waals surface area contributed by atoms with Gasteiger partial charge in [-0.1, -0.05) is 6.92 Å². The van der Waals surface area contributed by atoms with E-state index in [1.165, 1.54) is 19.4 Å². The fourth-order valence-electron chi connectivity index (χ4n) is 1.63. The van der Waals surface area contributed by atoms with Crippen LogP contribution >= 0.6 is 0 Å². The van der Waals surface area contributed by atoms with Crippen LogP contribution in [0.5, 0.6) is 0 Å². The Balaban J connectivity index is 1.89. The van der Waals surface area contributed by atoms with E-state index in [4.69, 9.17) is 4.74 Å². The molecule has 1 aliphatic rings. The van der Waals surface area contributed by atoms with Gasteiger partial charge >= 0.3 is 0 Å². The van der Waals surface area contributed by atoms with E-state index in [1.807, 2.05) is 6.92 Å². The summed E-state index contributed by atoms with van der Waals surface area (Å²) >= 11 is 0. The first-order chi connectivity index (χ1) is 7.36. The Bertz CT molecular complexity index is 149. The van der Waals surface area contributed by atoms with Gasteiger partial charge < -0.3 is 15.0 Å². The molecule has 3 heteroatoms. The van der Waals surface area contributed by atoms with Crippen molar-refractivity contribution in [3.63, 3.8) is 0 Å². The summed E-state index contributed by atoms with van der Waals surface area (Å²) in [6.07, 6.45) is 2.88. The molecule has 90 valence electrons. The molecule has 0 bridgehead atoms. The molecule has 0 spiro atoms. The van der Waals surface area contributed by atoms with Crippen LogP contribution in [0.3, 0.4) is 0 Å². The minimum absolute atomic E-state index is 0.831. The van der Waals surface area contributed by atoms with Gasteiger partial charge in [0.05, 0.1) is 6.61 Å². The first-order valence-corrected chi connectivity index (χ1v) is 6.37. The highest BCUT2D eigenvalue weighted by atomic mass is 16.5. The van der Waals surface area contributed by atoms with Gasteiger partial charge in [0.25, 0.3) is 0 Å². The van der Waals surface area contributed by atoms with Crippen LogP contribution in [0.2, 0.25) is 0 Å². The Morgan fingerprint density at radius 3 is 2.67 bits per heavy atom. The highest BCUT2D eigenvalue weighted by molar-refractivity contribution is 4.75. The van der Waals surface area contributed by atoms with Crippen LogP contribution in [0.1, 0.15) is 26.7 Å². The van der Waals surface area contributed by atoms with Gasteiger partial charge in [-0.2, -0.15) is 0 Å². The summed E-state index contributed by atoms with van der Waals surface area (Å²) in [7, 11) is 0. The van der Waals surface area contributed by atoms with Gasteiger partial charge in [0.2, 0.25) is 0 Å². The topological polar surface area (TPSA) is 24.5 Å². The molecule has 1 saturated carbocycles. The lowest BCUT2D eigenvalue weighted by molar-refractivity contribution is 0.115. The van der Waals surface area contributed by atoms with Gasteiger partial charge in [-0.05, 0) is 38.8 Å². The molecule has 1 fully saturated rings. The average molecular weight is 214 g/mol. The van der Waals surface area contributed by atoms with Gasteiger partial charge in [-0.15, -0.1) is 0 Å². The van der Waals surface area contributed by atoms with Crippen LogP contribution in [-0.2, 0) is 4.74 Å². The summed E-state index contributed by atoms with van der Waals surface area (Å²) in [5.41, 5.74) is 0. The molecule has 0 aliphatic heterocycles. The zero-order valence-electron chi connectivity index (χ0n) is 10.3. The first-order valence-electron chi connectivity index (χ1n) is 6.37. The van der Waals surface area contributed by atoms with Crippen molar-refractivity contribution < 1.29 is 4.74 Å². The summed E-state index contributed by atoms with van der Waals surface area (Å²) in [6, 6.07) is 0.